The topological polar surface area (TPSA) is 185 Å². The van der Waals surface area contributed by atoms with Gasteiger partial charge in [0.05, 0.1) is 65.1 Å². The van der Waals surface area contributed by atoms with Crippen LogP contribution in [0.3, 0.4) is 0 Å². The normalized spacial score (nSPS) is 11.4. The van der Waals surface area contributed by atoms with Gasteiger partial charge in [-0.25, -0.2) is 43.7 Å². The quantitative estimate of drug-likeness (QED) is 0.0323. The third-order valence-electron chi connectivity index (χ3n) is 10.7. The molecule has 356 valence electrons. The van der Waals surface area contributed by atoms with Crippen molar-refractivity contribution in [2.75, 3.05) is 19.8 Å². The summed E-state index contributed by atoms with van der Waals surface area (Å²) in [4.78, 5) is 102. The molecule has 0 heterocycles. The van der Waals surface area contributed by atoms with Gasteiger partial charge < -0.3 is 14.2 Å². The van der Waals surface area contributed by atoms with Crippen molar-refractivity contribution in [1.82, 2.24) is 0 Å². The minimum absolute atomic E-state index is 0.0107. The Hall–Kier alpha value is -6.25. The predicted octanol–water partition coefficient (Wildman–Crippen LogP) is 6.65. The van der Waals surface area contributed by atoms with Crippen molar-refractivity contribution in [3.63, 3.8) is 0 Å². The molecular weight excluding hydrogens is 901 g/mol. The number of benzene rings is 3. The SMILES string of the molecule is CCC(=C[SiH2]c1ccc(C(=O)OOC(=O)OCCC(CCOC(=O)OOC(=O)c2ccc([SiH2]C=C(CC)CC)cc2)COC(=O)OOC(=O)c2ccc([SiH2]C=C(CC)CC)cc2)cc1)CC. The lowest BCUT2D eigenvalue weighted by atomic mass is 10.0. The van der Waals surface area contributed by atoms with Crippen molar-refractivity contribution >= 4 is 80.5 Å². The minimum atomic E-state index is -1.34. The van der Waals surface area contributed by atoms with Gasteiger partial charge in [-0.2, -0.15) is 14.4 Å². The van der Waals surface area contributed by atoms with Gasteiger partial charge in [0.2, 0.25) is 0 Å². The maximum atomic E-state index is 12.5. The first kappa shape index (κ1) is 54.1. The summed E-state index contributed by atoms with van der Waals surface area (Å²) in [6, 6.07) is 20.5. The first-order chi connectivity index (χ1) is 31.9. The molecule has 15 nitrogen and oxygen atoms in total. The van der Waals surface area contributed by atoms with E-state index in [1.165, 1.54) is 16.7 Å². The number of carbonyl (C=O) groups is 6. The number of rotatable bonds is 23. The summed E-state index contributed by atoms with van der Waals surface area (Å²) >= 11 is 0. The van der Waals surface area contributed by atoms with Crippen LogP contribution in [0.1, 0.15) is 124 Å². The fourth-order valence-corrected chi connectivity index (χ4v) is 11.1. The fraction of sp³-hybridized carbons (Fsp3) is 0.375. The maximum Gasteiger partial charge on any atom is 0.549 e. The molecule has 3 rings (SSSR count). The van der Waals surface area contributed by atoms with Crippen molar-refractivity contribution < 1.29 is 72.3 Å². The molecule has 3 aromatic rings. The Bertz CT molecular complexity index is 2000. The van der Waals surface area contributed by atoms with Gasteiger partial charge in [0.25, 0.3) is 0 Å². The first-order valence-corrected chi connectivity index (χ1v) is 27.0. The Kier molecular flexibility index (Phi) is 25.2. The van der Waals surface area contributed by atoms with Crippen LogP contribution in [0.2, 0.25) is 0 Å². The van der Waals surface area contributed by atoms with E-state index >= 15 is 0 Å². The zero-order chi connectivity index (χ0) is 48.1. The van der Waals surface area contributed by atoms with E-state index in [0.29, 0.717) is 0 Å². The van der Waals surface area contributed by atoms with Crippen LogP contribution in [0.4, 0.5) is 14.4 Å². The Labute approximate surface area is 393 Å². The summed E-state index contributed by atoms with van der Waals surface area (Å²) in [5.41, 5.74) is 11.6. The average Bonchev–Trinajstić information content (AvgIpc) is 3.34. The predicted molar refractivity (Wildman–Crippen MR) is 256 cm³/mol. The maximum absolute atomic E-state index is 12.5. The van der Waals surface area contributed by atoms with Gasteiger partial charge in [-0.05, 0) is 93.7 Å². The number of carbonyl (C=O) groups excluding carboxylic acids is 6. The highest BCUT2D eigenvalue weighted by Gasteiger charge is 2.21. The van der Waals surface area contributed by atoms with E-state index in [2.05, 4.69) is 88.0 Å². The number of hydrogen-bond donors (Lipinski definition) is 0. The molecule has 0 aromatic heterocycles. The van der Waals surface area contributed by atoms with E-state index in [0.717, 1.165) is 54.1 Å². The lowest BCUT2D eigenvalue weighted by Gasteiger charge is -2.16. The highest BCUT2D eigenvalue weighted by molar-refractivity contribution is 6.59. The van der Waals surface area contributed by atoms with Crippen LogP contribution in [0.5, 0.6) is 0 Å². The molecule has 0 radical (unpaired) electrons. The Morgan fingerprint density at radius 3 is 0.955 bits per heavy atom. The van der Waals surface area contributed by atoms with Gasteiger partial charge in [-0.15, -0.1) is 0 Å². The molecule has 0 bridgehead atoms. The van der Waals surface area contributed by atoms with Crippen molar-refractivity contribution in [3.8, 4) is 0 Å². The summed E-state index contributed by atoms with van der Waals surface area (Å²) in [6.07, 6.45) is 2.03. The van der Waals surface area contributed by atoms with Gasteiger partial charge in [0.1, 0.15) is 0 Å². The van der Waals surface area contributed by atoms with E-state index in [9.17, 15) is 28.8 Å². The van der Waals surface area contributed by atoms with Crippen molar-refractivity contribution in [1.29, 1.82) is 0 Å². The third kappa shape index (κ3) is 20.7. The second-order valence-electron chi connectivity index (χ2n) is 15.0. The van der Waals surface area contributed by atoms with Crippen LogP contribution in [0, 0.1) is 5.92 Å². The molecule has 0 unspecified atom stereocenters. The molecule has 0 amide bonds. The second-order valence-corrected chi connectivity index (χ2v) is 19.9. The zero-order valence-electron chi connectivity index (χ0n) is 38.8. The highest BCUT2D eigenvalue weighted by atomic mass is 28.2. The molecule has 0 fully saturated rings. The lowest BCUT2D eigenvalue weighted by molar-refractivity contribution is -0.206. The summed E-state index contributed by atoms with van der Waals surface area (Å²) in [6.45, 7) is 11.7. The Balaban J connectivity index is 1.50. The van der Waals surface area contributed by atoms with Gasteiger partial charge in [0, 0.05) is 0 Å². The third-order valence-corrected chi connectivity index (χ3v) is 15.8. The molecular formula is C48H62O15Si3. The lowest BCUT2D eigenvalue weighted by Crippen LogP contribution is -2.22. The summed E-state index contributed by atoms with van der Waals surface area (Å²) in [7, 11) is -1.95. The molecule has 0 spiro atoms. The van der Waals surface area contributed by atoms with Crippen molar-refractivity contribution in [3.05, 3.63) is 123 Å². The van der Waals surface area contributed by atoms with Gasteiger partial charge in [-0.3, -0.25) is 0 Å². The standard InChI is InChI=1S/C48H62O15Si3/c1-7-33(8-2)30-64-40-19-13-37(14-20-40)43(49)58-61-46(52)55-27-25-36(29-57-48(54)63-60-45(51)39-17-23-42(24-18-39)66-32-35(11-5)12-6)26-28-56-47(53)62-59-44(50)38-15-21-41(22-16-38)65-31-34(9-3)10-4/h13-24,30-32,36H,7-12,25-29,64-66H2,1-6H3. The van der Waals surface area contributed by atoms with Crippen LogP contribution >= 0.6 is 0 Å². The molecule has 0 atom stereocenters. The van der Waals surface area contributed by atoms with E-state index in [4.69, 9.17) is 14.2 Å². The smallest absolute Gasteiger partial charge is 0.432 e. The molecule has 0 saturated carbocycles. The van der Waals surface area contributed by atoms with E-state index in [1.54, 1.807) is 36.4 Å². The van der Waals surface area contributed by atoms with Crippen LogP contribution in [-0.2, 0) is 43.5 Å². The number of ether oxygens (including phenoxy) is 3. The molecule has 18 heteroatoms. The van der Waals surface area contributed by atoms with Crippen LogP contribution in [-0.4, -0.2) is 84.8 Å². The van der Waals surface area contributed by atoms with Crippen LogP contribution < -0.4 is 15.6 Å². The van der Waals surface area contributed by atoms with Crippen molar-refractivity contribution in [2.24, 2.45) is 5.92 Å². The minimum Gasteiger partial charge on any atom is -0.432 e. The molecule has 0 aliphatic carbocycles. The van der Waals surface area contributed by atoms with Crippen LogP contribution in [0.15, 0.2) is 107 Å². The van der Waals surface area contributed by atoms with E-state index in [-0.39, 0.29) is 49.4 Å². The number of hydrogen-bond acceptors (Lipinski definition) is 15. The van der Waals surface area contributed by atoms with Crippen molar-refractivity contribution in [2.45, 2.75) is 92.9 Å². The largest absolute Gasteiger partial charge is 0.549 e. The Morgan fingerprint density at radius 1 is 0.409 bits per heavy atom. The Morgan fingerprint density at radius 2 is 0.682 bits per heavy atom. The molecule has 66 heavy (non-hydrogen) atoms. The van der Waals surface area contributed by atoms with Gasteiger partial charge >= 0.3 is 36.4 Å². The van der Waals surface area contributed by atoms with E-state index in [1.807, 2.05) is 36.4 Å². The van der Waals surface area contributed by atoms with Gasteiger partial charge in [0.15, 0.2) is 0 Å². The molecule has 0 aliphatic rings. The summed E-state index contributed by atoms with van der Waals surface area (Å²) in [5, 5.41) is 3.39. The zero-order valence-corrected chi connectivity index (χ0v) is 43.0. The number of allylic oxidation sites excluding steroid dienone is 3. The van der Waals surface area contributed by atoms with Crippen LogP contribution in [0.25, 0.3) is 0 Å². The first-order valence-electron chi connectivity index (χ1n) is 22.4. The molecule has 0 N–H and O–H groups in total. The fourth-order valence-electron chi connectivity index (χ4n) is 6.28. The monoisotopic (exact) mass is 962 g/mol. The summed E-state index contributed by atoms with van der Waals surface area (Å²) in [5.74, 6) is -3.37. The molecule has 0 saturated heterocycles. The molecule has 0 aliphatic heterocycles. The van der Waals surface area contributed by atoms with Gasteiger partial charge in [-0.1, -0.05) is 127 Å². The molecule has 3 aromatic carbocycles. The highest BCUT2D eigenvalue weighted by Crippen LogP contribution is 2.14. The average molecular weight is 963 g/mol. The summed E-state index contributed by atoms with van der Waals surface area (Å²) < 4.78 is 15.2. The second kappa shape index (κ2) is 30.8. The van der Waals surface area contributed by atoms with E-state index < -0.39 is 70.9 Å².